The summed E-state index contributed by atoms with van der Waals surface area (Å²) < 4.78 is 39.5. The quantitative estimate of drug-likeness (QED) is 0.319. The lowest BCUT2D eigenvalue weighted by Crippen LogP contribution is -2.58. The van der Waals surface area contributed by atoms with Crippen LogP contribution in [0.3, 0.4) is 0 Å². The molecule has 10 nitrogen and oxygen atoms in total. The van der Waals surface area contributed by atoms with E-state index >= 15 is 0 Å². The largest absolute Gasteiger partial charge is 0.497 e. The molecule has 2 saturated carbocycles. The van der Waals surface area contributed by atoms with Crippen molar-refractivity contribution in [3.63, 3.8) is 0 Å². The van der Waals surface area contributed by atoms with Gasteiger partial charge < -0.3 is 14.8 Å². The lowest BCUT2D eigenvalue weighted by Gasteiger charge is -2.36. The summed E-state index contributed by atoms with van der Waals surface area (Å²) in [5.74, 6) is -0.0644. The summed E-state index contributed by atoms with van der Waals surface area (Å²) >= 11 is 0. The molecule has 1 saturated heterocycles. The van der Waals surface area contributed by atoms with Gasteiger partial charge in [0.1, 0.15) is 23.1 Å². The van der Waals surface area contributed by atoms with Gasteiger partial charge in [0, 0.05) is 47.5 Å². The predicted octanol–water partition coefficient (Wildman–Crippen LogP) is 4.20. The van der Waals surface area contributed by atoms with Crippen molar-refractivity contribution < 1.29 is 27.5 Å². The molecule has 3 aliphatic rings. The Morgan fingerprint density at radius 3 is 2.47 bits per heavy atom. The number of likely N-dealkylation sites (tertiary alicyclic amines) is 1. The van der Waals surface area contributed by atoms with Crippen molar-refractivity contribution in [2.24, 2.45) is 5.92 Å². The second kappa shape index (κ2) is 11.4. The molecule has 11 heteroatoms. The monoisotopic (exact) mass is 632 g/mol. The summed E-state index contributed by atoms with van der Waals surface area (Å²) in [5, 5.41) is 3.22. The number of fused-ring (bicyclic) bond motifs is 1. The topological polar surface area (TPSA) is 127 Å². The first-order valence-corrected chi connectivity index (χ1v) is 16.9. The highest BCUT2D eigenvalue weighted by molar-refractivity contribution is 7.91. The van der Waals surface area contributed by atoms with Crippen molar-refractivity contribution in [2.45, 2.75) is 74.9 Å². The number of amides is 2. The summed E-state index contributed by atoms with van der Waals surface area (Å²) in [5.41, 5.74) is 0.692. The summed E-state index contributed by atoms with van der Waals surface area (Å²) in [7, 11) is -2.15. The Balaban J connectivity index is 1.26. The van der Waals surface area contributed by atoms with Gasteiger partial charge >= 0.3 is 0 Å². The van der Waals surface area contributed by atoms with Crippen LogP contribution in [0.4, 0.5) is 0 Å². The first-order valence-electron chi connectivity index (χ1n) is 15.3. The van der Waals surface area contributed by atoms with Crippen LogP contribution in [0.2, 0.25) is 0 Å². The molecule has 45 heavy (non-hydrogen) atoms. The Kier molecular flexibility index (Phi) is 7.89. The van der Waals surface area contributed by atoms with Gasteiger partial charge in [-0.05, 0) is 52.2 Å². The number of hydrogen-bond acceptors (Lipinski definition) is 8. The zero-order chi connectivity index (χ0) is 32.1. The highest BCUT2D eigenvalue weighted by Gasteiger charge is 2.62. The van der Waals surface area contributed by atoms with Gasteiger partial charge in [-0.2, -0.15) is 0 Å². The molecule has 2 unspecified atom stereocenters. The van der Waals surface area contributed by atoms with Gasteiger partial charge in [0.2, 0.25) is 15.9 Å². The Morgan fingerprint density at radius 2 is 1.84 bits per heavy atom. The number of hydrogen-bond donors (Lipinski definition) is 2. The average molecular weight is 633 g/mol. The fourth-order valence-corrected chi connectivity index (χ4v) is 7.59. The molecule has 4 atom stereocenters. The maximum atomic E-state index is 14.0. The number of sulfonamides is 1. The molecule has 0 bridgehead atoms. The molecule has 2 N–H and O–H groups in total. The number of carbonyl (C=O) groups excluding carboxylic acids is 2. The smallest absolute Gasteiger partial charge is 0.259 e. The second-order valence-electron chi connectivity index (χ2n) is 13.3. The van der Waals surface area contributed by atoms with Gasteiger partial charge in [-0.3, -0.25) is 19.2 Å². The lowest BCUT2D eigenvalue weighted by atomic mass is 10.0. The maximum absolute atomic E-state index is 14.0. The minimum absolute atomic E-state index is 0.297. The van der Waals surface area contributed by atoms with Crippen LogP contribution < -0.4 is 19.5 Å². The summed E-state index contributed by atoms with van der Waals surface area (Å²) in [6, 6.07) is 16.8. The van der Waals surface area contributed by atoms with Gasteiger partial charge in [0.25, 0.3) is 5.91 Å². The van der Waals surface area contributed by atoms with Crippen molar-refractivity contribution in [3.8, 4) is 22.8 Å². The molecule has 1 aromatic heterocycles. The Hall–Kier alpha value is -3.96. The predicted molar refractivity (Wildman–Crippen MR) is 172 cm³/mol. The first-order chi connectivity index (χ1) is 21.3. The zero-order valence-electron chi connectivity index (χ0n) is 26.1. The van der Waals surface area contributed by atoms with Crippen LogP contribution in [0.1, 0.15) is 46.5 Å². The molecule has 2 aliphatic carbocycles. The number of pyridine rings is 1. The number of carbonyl (C=O) groups is 2. The molecule has 2 amide bonds. The van der Waals surface area contributed by atoms with E-state index in [-0.39, 0.29) is 17.9 Å². The lowest BCUT2D eigenvalue weighted by molar-refractivity contribution is -0.133. The number of nitrogens with zero attached hydrogens (tertiary/aromatic N) is 2. The average Bonchev–Trinajstić information content (AvgIpc) is 3.93. The molecule has 6 rings (SSSR count). The standard InChI is InChI=1S/C34H40N4O6S/c1-6-22-19-34(22,32(40)37-45(41,42)25-13-14-25)36-31(39)29-17-24(20-38(29)33(2,3)4)44-30-18-27(21-10-8-7-9-11-21)35-28-16-23(43-5)12-15-26(28)30/h6-12,15-16,18,22,24-25,29H,1,13-14,17,19-20H2,2-5H3,(H,36,39)(H,37,40)/t22?,24-,29+,34?/m1/s1. The fourth-order valence-electron chi connectivity index (χ4n) is 6.23. The van der Waals surface area contributed by atoms with Crippen LogP contribution in [-0.2, 0) is 19.6 Å². The van der Waals surface area contributed by atoms with Crippen LogP contribution in [0.5, 0.6) is 11.5 Å². The Morgan fingerprint density at radius 1 is 1.11 bits per heavy atom. The summed E-state index contributed by atoms with van der Waals surface area (Å²) in [6.45, 7) is 10.4. The van der Waals surface area contributed by atoms with E-state index in [1.807, 2.05) is 75.4 Å². The highest BCUT2D eigenvalue weighted by Crippen LogP contribution is 2.46. The number of rotatable bonds is 10. The molecular weight excluding hydrogens is 592 g/mol. The van der Waals surface area contributed by atoms with E-state index in [2.05, 4.69) is 21.5 Å². The minimum atomic E-state index is -3.77. The van der Waals surface area contributed by atoms with Crippen LogP contribution in [0.15, 0.2) is 67.3 Å². The molecule has 238 valence electrons. The Bertz CT molecular complexity index is 1750. The molecule has 2 aromatic carbocycles. The summed E-state index contributed by atoms with van der Waals surface area (Å²) in [4.78, 5) is 34.2. The minimum Gasteiger partial charge on any atom is -0.497 e. The van der Waals surface area contributed by atoms with Crippen LogP contribution in [-0.4, -0.2) is 72.2 Å². The van der Waals surface area contributed by atoms with Crippen LogP contribution >= 0.6 is 0 Å². The van der Waals surface area contributed by atoms with Crippen molar-refractivity contribution in [1.29, 1.82) is 0 Å². The third kappa shape index (κ3) is 6.15. The van der Waals surface area contributed by atoms with E-state index in [4.69, 9.17) is 14.5 Å². The molecule has 0 spiro atoms. The SMILES string of the molecule is C=CC1CC1(NC(=O)[C@@H]1C[C@@H](Oc2cc(-c3ccccc3)nc3cc(OC)ccc23)CN1C(C)(C)C)C(=O)NS(=O)(=O)C1CC1. The number of aromatic nitrogens is 1. The number of nitrogens with one attached hydrogen (secondary N) is 2. The molecule has 1 aliphatic heterocycles. The highest BCUT2D eigenvalue weighted by atomic mass is 32.2. The number of methoxy groups -OCH3 is 1. The number of ether oxygens (including phenoxy) is 2. The third-order valence-electron chi connectivity index (χ3n) is 9.02. The van der Waals surface area contributed by atoms with E-state index in [9.17, 15) is 18.0 Å². The third-order valence-corrected chi connectivity index (χ3v) is 10.8. The first kappa shape index (κ1) is 31.0. The van der Waals surface area contributed by atoms with Crippen molar-refractivity contribution in [1.82, 2.24) is 19.9 Å². The zero-order valence-corrected chi connectivity index (χ0v) is 26.9. The number of benzene rings is 2. The fraction of sp³-hybridized carbons (Fsp3) is 0.441. The van der Waals surface area contributed by atoms with E-state index < -0.39 is 38.3 Å². The maximum Gasteiger partial charge on any atom is 0.259 e. The molecular formula is C34H40N4O6S. The van der Waals surface area contributed by atoms with E-state index in [0.29, 0.717) is 43.7 Å². The van der Waals surface area contributed by atoms with Gasteiger partial charge in [0.05, 0.1) is 29.6 Å². The molecule has 2 heterocycles. The van der Waals surface area contributed by atoms with Crippen LogP contribution in [0, 0.1) is 5.92 Å². The van der Waals surface area contributed by atoms with Gasteiger partial charge in [-0.15, -0.1) is 6.58 Å². The Labute approximate surface area is 264 Å². The molecule has 3 fully saturated rings. The van der Waals surface area contributed by atoms with Gasteiger partial charge in [-0.25, -0.2) is 13.4 Å². The normalized spacial score (nSPS) is 25.0. The van der Waals surface area contributed by atoms with Gasteiger partial charge in [0.15, 0.2) is 0 Å². The van der Waals surface area contributed by atoms with Crippen molar-refractivity contribution in [2.75, 3.05) is 13.7 Å². The molecule has 0 radical (unpaired) electrons. The van der Waals surface area contributed by atoms with Crippen molar-refractivity contribution in [3.05, 3.63) is 67.3 Å². The van der Waals surface area contributed by atoms with E-state index in [0.717, 1.165) is 22.2 Å². The van der Waals surface area contributed by atoms with Crippen LogP contribution in [0.25, 0.3) is 22.2 Å². The van der Waals surface area contributed by atoms with Gasteiger partial charge in [-0.1, -0.05) is 36.4 Å². The molecule has 3 aromatic rings. The van der Waals surface area contributed by atoms with Crippen molar-refractivity contribution >= 4 is 32.7 Å². The van der Waals surface area contributed by atoms with E-state index in [1.165, 1.54) is 0 Å². The van der Waals surface area contributed by atoms with E-state index in [1.54, 1.807) is 13.2 Å². The summed E-state index contributed by atoms with van der Waals surface area (Å²) in [6.07, 6.45) is 2.99. The second-order valence-corrected chi connectivity index (χ2v) is 15.2.